The van der Waals surface area contributed by atoms with Gasteiger partial charge in [-0.1, -0.05) is 72.8 Å². The van der Waals surface area contributed by atoms with Crippen LogP contribution < -0.4 is 21.3 Å². The molecule has 3 saturated heterocycles. The zero-order valence-electron chi connectivity index (χ0n) is 35.5. The van der Waals surface area contributed by atoms with Crippen molar-refractivity contribution in [3.63, 3.8) is 0 Å². The fourth-order valence-electron chi connectivity index (χ4n) is 11.0. The van der Waals surface area contributed by atoms with Crippen LogP contribution in [0.1, 0.15) is 71.6 Å². The van der Waals surface area contributed by atoms with E-state index in [1.807, 2.05) is 0 Å². The Morgan fingerprint density at radius 3 is 0.682 bits per heavy atom. The second-order valence-electron chi connectivity index (χ2n) is 17.4. The zero-order chi connectivity index (χ0) is 45.3. The maximum absolute atomic E-state index is 12.1. The first-order valence-electron chi connectivity index (χ1n) is 20.9. The van der Waals surface area contributed by atoms with Gasteiger partial charge in [-0.15, -0.1) is 0 Å². The van der Waals surface area contributed by atoms with E-state index in [9.17, 15) is 51.9 Å². The number of hydrogen-bond donors (Lipinski definition) is 8. The molecular formula is C44H50N4NaO13S4. The van der Waals surface area contributed by atoms with Crippen LogP contribution in [0.5, 0.6) is 0 Å². The van der Waals surface area contributed by atoms with E-state index < -0.39 is 40.5 Å². The molecule has 0 saturated carbocycles. The Morgan fingerprint density at radius 1 is 0.333 bits per heavy atom. The van der Waals surface area contributed by atoms with Crippen molar-refractivity contribution in [3.05, 3.63) is 144 Å². The first-order valence-corrected chi connectivity index (χ1v) is 26.7. The SMILES string of the molecule is O.O=S(=O)(O)c1ccc(C2C3C=CC(N3)C(c3ccc(S(=O)(=O)O)cc3)C3CCC(N3)C(c3ccc(S(=O)(=O)O)cc3)C3C=CC(N3)C(c3ccc(S(=O)(=O)O)cc3)C3CCC2N3)cc1.[Na]. The van der Waals surface area contributed by atoms with E-state index in [2.05, 4.69) is 45.6 Å². The average Bonchev–Trinajstić information content (AvgIpc) is 4.08. The van der Waals surface area contributed by atoms with Crippen LogP contribution in [0.2, 0.25) is 0 Å². The van der Waals surface area contributed by atoms with Gasteiger partial charge in [0.05, 0.1) is 19.6 Å². The number of fused-ring (bicyclic) bond motifs is 8. The summed E-state index contributed by atoms with van der Waals surface area (Å²) in [6.07, 6.45) is 11.2. The van der Waals surface area contributed by atoms with E-state index in [-0.39, 0.29) is 127 Å². The summed E-state index contributed by atoms with van der Waals surface area (Å²) in [6.45, 7) is 0. The van der Waals surface area contributed by atoms with E-state index in [1.165, 1.54) is 48.5 Å². The summed E-state index contributed by atoms with van der Waals surface area (Å²) in [4.78, 5) is -0.946. The van der Waals surface area contributed by atoms with Crippen LogP contribution in [0, 0.1) is 0 Å². The molecule has 22 heteroatoms. The molecule has 66 heavy (non-hydrogen) atoms. The molecule has 3 fully saturated rings. The van der Waals surface area contributed by atoms with Gasteiger partial charge in [0.2, 0.25) is 0 Å². The van der Waals surface area contributed by atoms with E-state index in [4.69, 9.17) is 0 Å². The zero-order valence-corrected chi connectivity index (χ0v) is 40.8. The van der Waals surface area contributed by atoms with Crippen LogP contribution >= 0.6 is 0 Å². The molecule has 12 unspecified atom stereocenters. The topological polar surface area (TPSA) is 297 Å². The van der Waals surface area contributed by atoms with Crippen molar-refractivity contribution >= 4 is 70.0 Å². The largest absolute Gasteiger partial charge is 0.412 e. The van der Waals surface area contributed by atoms with Gasteiger partial charge >= 0.3 is 0 Å². The van der Waals surface area contributed by atoms with Gasteiger partial charge in [-0.25, -0.2) is 0 Å². The Labute approximate surface area is 406 Å². The number of rotatable bonds is 8. The second-order valence-corrected chi connectivity index (χ2v) is 23.1. The smallest absolute Gasteiger partial charge is 0.294 e. The Morgan fingerprint density at radius 2 is 0.515 bits per heavy atom. The van der Waals surface area contributed by atoms with Crippen molar-refractivity contribution in [1.29, 1.82) is 0 Å². The first kappa shape index (κ1) is 50.7. The third-order valence-corrected chi connectivity index (χ3v) is 17.3. The van der Waals surface area contributed by atoms with Crippen molar-refractivity contribution in [1.82, 2.24) is 21.3 Å². The molecule has 8 bridgehead atoms. The molecule has 0 aromatic heterocycles. The fraction of sp³-hybridized carbons (Fsp3) is 0.364. The average molecular weight is 994 g/mol. The molecule has 1 radical (unpaired) electrons. The van der Waals surface area contributed by atoms with Gasteiger partial charge in [0.1, 0.15) is 0 Å². The molecule has 4 aromatic carbocycles. The van der Waals surface area contributed by atoms with Crippen LogP contribution in [-0.2, 0) is 40.5 Å². The maximum atomic E-state index is 12.1. The Hall–Kier alpha value is -3.20. The summed E-state index contributed by atoms with van der Waals surface area (Å²) in [5.74, 6) is -1.06. The predicted molar refractivity (Wildman–Crippen MR) is 245 cm³/mol. The Bertz CT molecular complexity index is 2530. The molecule has 0 aliphatic carbocycles. The van der Waals surface area contributed by atoms with Gasteiger partial charge in [-0.05, 0) is 96.5 Å². The minimum absolute atomic E-state index is 0. The van der Waals surface area contributed by atoms with Crippen LogP contribution in [0.15, 0.2) is 141 Å². The molecule has 5 aliphatic rings. The van der Waals surface area contributed by atoms with Gasteiger partial charge in [0.15, 0.2) is 0 Å². The van der Waals surface area contributed by atoms with Gasteiger partial charge in [0, 0.05) is 102 Å². The first-order chi connectivity index (χ1) is 30.2. The maximum Gasteiger partial charge on any atom is 0.294 e. The minimum Gasteiger partial charge on any atom is -0.412 e. The van der Waals surface area contributed by atoms with Gasteiger partial charge in [-0.3, -0.25) is 18.2 Å². The van der Waals surface area contributed by atoms with Crippen molar-refractivity contribution in [2.75, 3.05) is 0 Å². The molecule has 4 aromatic rings. The summed E-state index contributed by atoms with van der Waals surface area (Å²) in [7, 11) is -17.9. The second kappa shape index (κ2) is 19.3. The molecule has 12 atom stereocenters. The Balaban J connectivity index is 0.00000324. The van der Waals surface area contributed by atoms with Crippen molar-refractivity contribution < 1.29 is 57.4 Å². The third-order valence-electron chi connectivity index (χ3n) is 13.8. The van der Waals surface area contributed by atoms with Gasteiger partial charge in [0.25, 0.3) is 40.5 Å². The number of nitrogens with one attached hydrogen (secondary N) is 4. The van der Waals surface area contributed by atoms with E-state index in [0.717, 1.165) is 22.3 Å². The van der Waals surface area contributed by atoms with Gasteiger partial charge in [-0.2, -0.15) is 33.7 Å². The van der Waals surface area contributed by atoms with Crippen LogP contribution in [0.25, 0.3) is 0 Å². The molecular weight excluding hydrogens is 944 g/mol. The number of benzene rings is 4. The molecule has 17 nitrogen and oxygen atoms in total. The summed E-state index contributed by atoms with van der Waals surface area (Å²) < 4.78 is 136. The van der Waals surface area contributed by atoms with Crippen LogP contribution in [0.3, 0.4) is 0 Å². The summed E-state index contributed by atoms with van der Waals surface area (Å²) in [5, 5.41) is 15.6. The van der Waals surface area contributed by atoms with Crippen LogP contribution in [-0.4, -0.2) is 135 Å². The van der Waals surface area contributed by atoms with Crippen molar-refractivity contribution in [2.24, 2.45) is 0 Å². The molecule has 0 spiro atoms. The minimum atomic E-state index is -4.47. The molecule has 5 aliphatic heterocycles. The summed E-state index contributed by atoms with van der Waals surface area (Å²) in [6, 6.07) is 22.8. The summed E-state index contributed by atoms with van der Waals surface area (Å²) in [5.41, 5.74) is 3.27. The third kappa shape index (κ3) is 10.4. The fourth-order valence-corrected chi connectivity index (χ4v) is 12.9. The Kier molecular flexibility index (Phi) is 14.8. The molecule has 10 N–H and O–H groups in total. The van der Waals surface area contributed by atoms with Crippen molar-refractivity contribution in [3.8, 4) is 0 Å². The van der Waals surface area contributed by atoms with Gasteiger partial charge < -0.3 is 26.7 Å². The molecule has 349 valence electrons. The van der Waals surface area contributed by atoms with Crippen LogP contribution in [0.4, 0.5) is 0 Å². The standard InChI is InChI=1S/C44H48N4O12S4.Na.H2O/c49-61(50,51)29-9-1-25(2-10-29)41-33-17-19-35(45-33)42(26-3-11-30(12-4-26)62(52,53)54)37-21-23-39(47-37)44(28-7-15-32(16-8-28)64(58,59)60)40-24-22-38(48-40)43(36-20-18-34(41)46-36)27-5-13-31(14-6-27)63(55,56)57;;/h1-17,19,22,24,33-48H,18,20-21,23H2,(H,49,50,51)(H,52,53,54)(H,55,56,57)(H,58,59,60);;1H2. The van der Waals surface area contributed by atoms with Crippen molar-refractivity contribution in [2.45, 2.75) is 117 Å². The monoisotopic (exact) mass is 993 g/mol. The van der Waals surface area contributed by atoms with E-state index in [1.54, 1.807) is 48.5 Å². The molecule has 9 rings (SSSR count). The predicted octanol–water partition coefficient (Wildman–Crippen LogP) is 2.95. The normalized spacial score (nSPS) is 31.0. The molecule has 5 heterocycles. The van der Waals surface area contributed by atoms with E-state index in [0.29, 0.717) is 25.7 Å². The quantitative estimate of drug-likeness (QED) is 0.0715. The number of hydrogen-bond acceptors (Lipinski definition) is 12. The van der Waals surface area contributed by atoms with E-state index >= 15 is 0 Å². The summed E-state index contributed by atoms with van der Waals surface area (Å²) >= 11 is 0. The molecule has 0 amide bonds.